The maximum Gasteiger partial charge on any atom is 0.273 e. The number of piperidine rings is 1. The number of carbonyl (C=O) groups excluding carboxylic acids is 1. The van der Waals surface area contributed by atoms with E-state index < -0.39 is 0 Å². The molecule has 6 nitrogen and oxygen atoms in total. The maximum atomic E-state index is 13.4. The molecule has 0 aliphatic carbocycles. The van der Waals surface area contributed by atoms with Crippen LogP contribution >= 0.6 is 11.6 Å². The van der Waals surface area contributed by atoms with Gasteiger partial charge in [-0.05, 0) is 61.3 Å². The molecule has 0 unspecified atom stereocenters. The maximum absolute atomic E-state index is 13.4. The monoisotopic (exact) mass is 441 g/mol. The number of benzene rings is 2. The summed E-state index contributed by atoms with van der Waals surface area (Å²) in [6, 6.07) is 14.0. The number of nitrogens with one attached hydrogen (secondary N) is 1. The Kier molecular flexibility index (Phi) is 6.94. The molecule has 0 spiro atoms. The third-order valence-corrected chi connectivity index (χ3v) is 5.82. The number of nitrogens with zero attached hydrogens (tertiary/aromatic N) is 4. The Hall–Kier alpha value is -2.77. The Morgan fingerprint density at radius 1 is 1.06 bits per heavy atom. The molecule has 0 bridgehead atoms. The molecule has 8 heteroatoms. The van der Waals surface area contributed by atoms with Gasteiger partial charge in [-0.25, -0.2) is 9.07 Å². The van der Waals surface area contributed by atoms with Crippen molar-refractivity contribution in [3.8, 4) is 0 Å². The number of aromatic nitrogens is 3. The van der Waals surface area contributed by atoms with Crippen molar-refractivity contribution in [2.75, 3.05) is 19.6 Å². The van der Waals surface area contributed by atoms with Crippen molar-refractivity contribution in [3.63, 3.8) is 0 Å². The average molecular weight is 442 g/mol. The van der Waals surface area contributed by atoms with Gasteiger partial charge in [-0.3, -0.25) is 9.69 Å². The lowest BCUT2D eigenvalue weighted by Crippen LogP contribution is -2.40. The van der Waals surface area contributed by atoms with E-state index in [0.29, 0.717) is 18.1 Å². The first kappa shape index (κ1) is 21.5. The van der Waals surface area contributed by atoms with Gasteiger partial charge in [0.25, 0.3) is 5.91 Å². The summed E-state index contributed by atoms with van der Waals surface area (Å²) in [5.74, 6) is -0.533. The van der Waals surface area contributed by atoms with Crippen molar-refractivity contribution in [2.24, 2.45) is 0 Å². The first-order valence-corrected chi connectivity index (χ1v) is 10.9. The van der Waals surface area contributed by atoms with Gasteiger partial charge in [0.2, 0.25) is 0 Å². The minimum atomic E-state index is -0.272. The molecule has 1 atom stereocenters. The Bertz CT molecular complexity index is 1000. The molecule has 1 aromatic heterocycles. The average Bonchev–Trinajstić information content (AvgIpc) is 3.26. The van der Waals surface area contributed by atoms with Gasteiger partial charge in [0.15, 0.2) is 5.69 Å². The minimum absolute atomic E-state index is 0.00559. The van der Waals surface area contributed by atoms with Crippen LogP contribution in [0, 0.1) is 5.82 Å². The van der Waals surface area contributed by atoms with Crippen LogP contribution in [-0.2, 0) is 6.54 Å². The summed E-state index contributed by atoms with van der Waals surface area (Å²) < 4.78 is 15.0. The normalized spacial score (nSPS) is 15.5. The van der Waals surface area contributed by atoms with Gasteiger partial charge < -0.3 is 5.32 Å². The lowest BCUT2D eigenvalue weighted by atomic mass is 10.0. The van der Waals surface area contributed by atoms with Gasteiger partial charge >= 0.3 is 0 Å². The summed E-state index contributed by atoms with van der Waals surface area (Å²) in [6.07, 6.45) is 5.11. The van der Waals surface area contributed by atoms with Crippen molar-refractivity contribution in [1.82, 2.24) is 25.2 Å². The van der Waals surface area contributed by atoms with Crippen LogP contribution in [-0.4, -0.2) is 45.4 Å². The van der Waals surface area contributed by atoms with Crippen LogP contribution in [0.25, 0.3) is 0 Å². The molecule has 162 valence electrons. The highest BCUT2D eigenvalue weighted by Gasteiger charge is 2.23. The highest BCUT2D eigenvalue weighted by molar-refractivity contribution is 6.30. The van der Waals surface area contributed by atoms with E-state index in [1.54, 1.807) is 23.0 Å². The number of hydrogen-bond acceptors (Lipinski definition) is 4. The Morgan fingerprint density at radius 3 is 2.48 bits per heavy atom. The van der Waals surface area contributed by atoms with E-state index in [2.05, 4.69) is 20.5 Å². The van der Waals surface area contributed by atoms with Gasteiger partial charge in [0, 0.05) is 11.6 Å². The Labute approximate surface area is 186 Å². The number of rotatable bonds is 7. The van der Waals surface area contributed by atoms with E-state index in [9.17, 15) is 9.18 Å². The predicted molar refractivity (Wildman–Crippen MR) is 117 cm³/mol. The van der Waals surface area contributed by atoms with Crippen LogP contribution in [0.3, 0.4) is 0 Å². The van der Waals surface area contributed by atoms with E-state index in [0.717, 1.165) is 37.1 Å². The molecule has 1 amide bonds. The first-order chi connectivity index (χ1) is 15.1. The fraction of sp³-hybridized carbons (Fsp3) is 0.348. The molecule has 31 heavy (non-hydrogen) atoms. The molecule has 1 aliphatic rings. The molecule has 1 aliphatic heterocycles. The van der Waals surface area contributed by atoms with Crippen molar-refractivity contribution >= 4 is 17.5 Å². The van der Waals surface area contributed by atoms with E-state index in [4.69, 9.17) is 11.6 Å². The molecule has 0 radical (unpaired) electrons. The van der Waals surface area contributed by atoms with Crippen molar-refractivity contribution in [2.45, 2.75) is 31.8 Å². The zero-order valence-corrected chi connectivity index (χ0v) is 17.9. The summed E-state index contributed by atoms with van der Waals surface area (Å²) in [4.78, 5) is 15.1. The second kappa shape index (κ2) is 10.0. The topological polar surface area (TPSA) is 63.1 Å². The predicted octanol–water partition coefficient (Wildman–Crippen LogP) is 4.08. The van der Waals surface area contributed by atoms with Crippen molar-refractivity contribution in [1.29, 1.82) is 0 Å². The summed E-state index contributed by atoms with van der Waals surface area (Å²) >= 11 is 5.92. The second-order valence-electron chi connectivity index (χ2n) is 7.80. The minimum Gasteiger partial charge on any atom is -0.349 e. The number of likely N-dealkylation sites (tertiary alicyclic amines) is 1. The molecule has 1 saturated heterocycles. The van der Waals surface area contributed by atoms with Crippen molar-refractivity contribution in [3.05, 3.63) is 82.4 Å². The van der Waals surface area contributed by atoms with Crippen LogP contribution in [0.2, 0.25) is 5.02 Å². The molecule has 4 rings (SSSR count). The second-order valence-corrected chi connectivity index (χ2v) is 8.24. The quantitative estimate of drug-likeness (QED) is 0.600. The standard InChI is InChI=1S/C23H25ClFN5O/c24-19-8-4-17(5-9-19)15-30-16-21(27-28-30)23(31)26-14-22(29-12-2-1-3-13-29)18-6-10-20(25)11-7-18/h4-11,16,22H,1-3,12-15H2,(H,26,31)/t22-/m1/s1. The SMILES string of the molecule is O=C(NC[C@H](c1ccc(F)cc1)N1CCCCC1)c1cn(Cc2ccc(Cl)cc2)nn1. The molecule has 1 fully saturated rings. The Balaban J connectivity index is 1.41. The third kappa shape index (κ3) is 5.68. The molecule has 1 N–H and O–H groups in total. The van der Waals surface area contributed by atoms with Gasteiger partial charge in [0.05, 0.1) is 18.8 Å². The van der Waals surface area contributed by atoms with Crippen LogP contribution < -0.4 is 5.32 Å². The summed E-state index contributed by atoms with van der Waals surface area (Å²) in [6.45, 7) is 2.86. The van der Waals surface area contributed by atoms with Crippen LogP contribution in [0.5, 0.6) is 0 Å². The number of hydrogen-bond donors (Lipinski definition) is 1. The number of halogens is 2. The van der Waals surface area contributed by atoms with Crippen molar-refractivity contribution < 1.29 is 9.18 Å². The zero-order chi connectivity index (χ0) is 21.6. The fourth-order valence-corrected chi connectivity index (χ4v) is 4.04. The van der Waals surface area contributed by atoms with Gasteiger partial charge in [0.1, 0.15) is 5.82 Å². The van der Waals surface area contributed by atoms with Gasteiger partial charge in [-0.2, -0.15) is 0 Å². The molecule has 2 aromatic carbocycles. The van der Waals surface area contributed by atoms with E-state index in [1.807, 2.05) is 24.3 Å². The van der Waals surface area contributed by atoms with Gasteiger partial charge in [-0.1, -0.05) is 47.5 Å². The highest BCUT2D eigenvalue weighted by atomic mass is 35.5. The third-order valence-electron chi connectivity index (χ3n) is 5.57. The number of amides is 1. The molecule has 0 saturated carbocycles. The van der Waals surface area contributed by atoms with Crippen LogP contribution in [0.15, 0.2) is 54.7 Å². The van der Waals surface area contributed by atoms with E-state index >= 15 is 0 Å². The first-order valence-electron chi connectivity index (χ1n) is 10.5. The Morgan fingerprint density at radius 2 is 1.77 bits per heavy atom. The molecular formula is C23H25ClFN5O. The smallest absolute Gasteiger partial charge is 0.273 e. The summed E-state index contributed by atoms with van der Waals surface area (Å²) in [5, 5.41) is 11.7. The van der Waals surface area contributed by atoms with Gasteiger partial charge in [-0.15, -0.1) is 5.10 Å². The molecule has 2 heterocycles. The molecular weight excluding hydrogens is 417 g/mol. The number of carbonyl (C=O) groups is 1. The highest BCUT2D eigenvalue weighted by Crippen LogP contribution is 2.24. The summed E-state index contributed by atoms with van der Waals surface area (Å²) in [5.41, 5.74) is 2.28. The lowest BCUT2D eigenvalue weighted by Gasteiger charge is -2.35. The van der Waals surface area contributed by atoms with E-state index in [1.165, 1.54) is 18.6 Å². The summed E-state index contributed by atoms with van der Waals surface area (Å²) in [7, 11) is 0. The largest absolute Gasteiger partial charge is 0.349 e. The lowest BCUT2D eigenvalue weighted by molar-refractivity contribution is 0.0919. The fourth-order valence-electron chi connectivity index (χ4n) is 3.91. The van der Waals surface area contributed by atoms with E-state index in [-0.39, 0.29) is 23.5 Å². The van der Waals surface area contributed by atoms with Crippen LogP contribution in [0.1, 0.15) is 46.9 Å². The van der Waals surface area contributed by atoms with Crippen LogP contribution in [0.4, 0.5) is 4.39 Å². The zero-order valence-electron chi connectivity index (χ0n) is 17.2. The molecule has 3 aromatic rings.